The van der Waals surface area contributed by atoms with Gasteiger partial charge in [0.25, 0.3) is 0 Å². The lowest BCUT2D eigenvalue weighted by atomic mass is 10.2. The van der Waals surface area contributed by atoms with E-state index in [0.29, 0.717) is 11.4 Å². The van der Waals surface area contributed by atoms with Crippen LogP contribution in [0.3, 0.4) is 0 Å². The lowest BCUT2D eigenvalue weighted by Crippen LogP contribution is -1.97. The zero-order chi connectivity index (χ0) is 15.5. The van der Waals surface area contributed by atoms with E-state index in [1.165, 1.54) is 12.4 Å². The molecule has 7 heteroatoms. The molecule has 0 radical (unpaired) electrons. The first kappa shape index (κ1) is 16.4. The maximum absolute atomic E-state index is 10.3. The molecule has 0 saturated carbocycles. The first-order chi connectivity index (χ1) is 10.3. The Labute approximate surface area is 122 Å². The van der Waals surface area contributed by atoms with E-state index in [0.717, 1.165) is 30.5 Å². The van der Waals surface area contributed by atoms with Gasteiger partial charge in [0.05, 0.1) is 17.6 Å². The van der Waals surface area contributed by atoms with Gasteiger partial charge in [0.15, 0.2) is 6.29 Å². The molecule has 0 amide bonds. The van der Waals surface area contributed by atoms with Crippen molar-refractivity contribution >= 4 is 12.5 Å². The fraction of sp³-hybridized carbons (Fsp3) is 0.286. The molecule has 0 atom stereocenters. The third kappa shape index (κ3) is 5.06. The highest BCUT2D eigenvalue weighted by Crippen LogP contribution is 1.98. The van der Waals surface area contributed by atoms with Gasteiger partial charge in [-0.05, 0) is 12.8 Å². The minimum Gasteiger partial charge on any atom is -0.411 e. The molecule has 1 N–H and O–H groups in total. The minimum absolute atomic E-state index is 0.449. The van der Waals surface area contributed by atoms with Crippen molar-refractivity contribution < 1.29 is 10.0 Å². The Morgan fingerprint density at radius 1 is 0.952 bits per heavy atom. The highest BCUT2D eigenvalue weighted by atomic mass is 16.4. The summed E-state index contributed by atoms with van der Waals surface area (Å²) in [5.41, 5.74) is 2.67. The van der Waals surface area contributed by atoms with Gasteiger partial charge in [-0.3, -0.25) is 19.7 Å². The van der Waals surface area contributed by atoms with E-state index in [9.17, 15) is 4.79 Å². The van der Waals surface area contributed by atoms with Crippen molar-refractivity contribution in [3.8, 4) is 0 Å². The van der Waals surface area contributed by atoms with Gasteiger partial charge >= 0.3 is 0 Å². The molecule has 2 rings (SSSR count). The minimum atomic E-state index is 0.449. The molecule has 0 aliphatic heterocycles. The van der Waals surface area contributed by atoms with Gasteiger partial charge in [-0.15, -0.1) is 0 Å². The topological polar surface area (TPSA) is 101 Å². The van der Waals surface area contributed by atoms with Gasteiger partial charge in [-0.25, -0.2) is 4.98 Å². The average Bonchev–Trinajstić information content (AvgIpc) is 2.56. The molecular formula is C14H17N5O2. The summed E-state index contributed by atoms with van der Waals surface area (Å²) in [4.78, 5) is 26.1. The van der Waals surface area contributed by atoms with E-state index in [1.54, 1.807) is 18.6 Å². The zero-order valence-electron chi connectivity index (χ0n) is 12.0. The van der Waals surface area contributed by atoms with Gasteiger partial charge in [-0.2, -0.15) is 0 Å². The Bertz CT molecular complexity index is 601. The number of hydrogen-bond acceptors (Lipinski definition) is 7. The van der Waals surface area contributed by atoms with Crippen LogP contribution in [0.1, 0.15) is 41.4 Å². The Kier molecular flexibility index (Phi) is 7.20. The molecular weight excluding hydrogens is 270 g/mol. The van der Waals surface area contributed by atoms with Crippen LogP contribution in [-0.4, -0.2) is 37.6 Å². The number of aromatic nitrogens is 4. The molecule has 0 fully saturated rings. The molecule has 21 heavy (non-hydrogen) atoms. The molecule has 0 aliphatic carbocycles. The van der Waals surface area contributed by atoms with E-state index in [-0.39, 0.29) is 0 Å². The van der Waals surface area contributed by atoms with Crippen molar-refractivity contribution in [2.45, 2.75) is 26.7 Å². The molecule has 0 unspecified atom stereocenters. The van der Waals surface area contributed by atoms with Crippen molar-refractivity contribution in [2.24, 2.45) is 5.16 Å². The summed E-state index contributed by atoms with van der Waals surface area (Å²) in [6.45, 7) is 3.91. The number of nitrogens with zero attached hydrogens (tertiary/aromatic N) is 5. The first-order valence-electron chi connectivity index (χ1n) is 6.49. The average molecular weight is 287 g/mol. The zero-order valence-corrected chi connectivity index (χ0v) is 12.0. The quantitative estimate of drug-likeness (QED) is 0.397. The number of aldehydes is 1. The summed E-state index contributed by atoms with van der Waals surface area (Å²) < 4.78 is 0. The van der Waals surface area contributed by atoms with Crippen molar-refractivity contribution in [1.29, 1.82) is 0 Å². The normalized spacial score (nSPS) is 10.0. The summed E-state index contributed by atoms with van der Waals surface area (Å²) in [5.74, 6) is 0. The van der Waals surface area contributed by atoms with Crippen molar-refractivity contribution in [1.82, 2.24) is 19.9 Å². The van der Waals surface area contributed by atoms with Crippen LogP contribution < -0.4 is 0 Å². The molecule has 2 heterocycles. The maximum atomic E-state index is 10.3. The van der Waals surface area contributed by atoms with E-state index in [1.807, 2.05) is 13.8 Å². The number of carbonyl (C=O) groups excluding carboxylic acids is 1. The summed E-state index contributed by atoms with van der Waals surface area (Å²) >= 11 is 0. The van der Waals surface area contributed by atoms with Crippen LogP contribution >= 0.6 is 0 Å². The fourth-order valence-corrected chi connectivity index (χ4v) is 1.56. The second-order valence-corrected chi connectivity index (χ2v) is 3.85. The lowest BCUT2D eigenvalue weighted by molar-refractivity contribution is 0.111. The third-order valence-corrected chi connectivity index (χ3v) is 2.57. The monoisotopic (exact) mass is 287 g/mol. The molecule has 2 aromatic heterocycles. The van der Waals surface area contributed by atoms with Crippen LogP contribution in [0.25, 0.3) is 0 Å². The van der Waals surface area contributed by atoms with E-state index >= 15 is 0 Å². The van der Waals surface area contributed by atoms with Crippen LogP contribution in [0.15, 0.2) is 29.9 Å². The van der Waals surface area contributed by atoms with Crippen molar-refractivity contribution in [3.63, 3.8) is 0 Å². The Balaban J connectivity index is 0.000000211. The molecule has 0 aromatic carbocycles. The Morgan fingerprint density at radius 3 is 1.86 bits per heavy atom. The van der Waals surface area contributed by atoms with Crippen LogP contribution in [0.2, 0.25) is 0 Å². The fourth-order valence-electron chi connectivity index (χ4n) is 1.56. The van der Waals surface area contributed by atoms with Gasteiger partial charge in [0.2, 0.25) is 0 Å². The van der Waals surface area contributed by atoms with Crippen LogP contribution in [-0.2, 0) is 12.8 Å². The van der Waals surface area contributed by atoms with Crippen molar-refractivity contribution in [3.05, 3.63) is 47.6 Å². The third-order valence-electron chi connectivity index (χ3n) is 2.57. The Hall–Kier alpha value is -2.70. The number of carbonyl (C=O) groups is 1. The van der Waals surface area contributed by atoms with Crippen molar-refractivity contribution in [2.75, 3.05) is 0 Å². The molecule has 0 spiro atoms. The summed E-state index contributed by atoms with van der Waals surface area (Å²) in [7, 11) is 0. The second kappa shape index (κ2) is 9.24. The van der Waals surface area contributed by atoms with Gasteiger partial charge in [-0.1, -0.05) is 19.0 Å². The molecule has 0 saturated heterocycles. The lowest BCUT2D eigenvalue weighted by Gasteiger charge is -1.96. The summed E-state index contributed by atoms with van der Waals surface area (Å²) in [6, 6.07) is 0. The van der Waals surface area contributed by atoms with Gasteiger partial charge < -0.3 is 5.21 Å². The molecule has 0 bridgehead atoms. The predicted octanol–water partition coefficient (Wildman–Crippen LogP) is 1.70. The van der Waals surface area contributed by atoms with E-state index < -0.39 is 0 Å². The summed E-state index contributed by atoms with van der Waals surface area (Å²) in [6.07, 6.45) is 9.84. The SMILES string of the molecule is CCc1nccnc1C=NO.CCc1nccnc1C=O. The van der Waals surface area contributed by atoms with E-state index in [2.05, 4.69) is 25.1 Å². The predicted molar refractivity (Wildman–Crippen MR) is 77.6 cm³/mol. The van der Waals surface area contributed by atoms with Crippen LogP contribution in [0, 0.1) is 0 Å². The number of rotatable bonds is 4. The summed E-state index contributed by atoms with van der Waals surface area (Å²) in [5, 5.41) is 11.1. The standard InChI is InChI=1S/C7H9N3O.C7H8N2O/c1-2-6-7(5-10-11)9-4-3-8-6;1-2-6-7(5-10)9-4-3-8-6/h3-5,11H,2H2,1H3;3-5H,2H2,1H3. The van der Waals surface area contributed by atoms with E-state index in [4.69, 9.17) is 5.21 Å². The molecule has 7 nitrogen and oxygen atoms in total. The molecule has 2 aromatic rings. The number of oxime groups is 1. The first-order valence-corrected chi connectivity index (χ1v) is 6.49. The highest BCUT2D eigenvalue weighted by Gasteiger charge is 1.99. The second-order valence-electron chi connectivity index (χ2n) is 3.85. The number of aryl methyl sites for hydroxylation is 2. The number of hydrogen-bond donors (Lipinski definition) is 1. The molecule has 110 valence electrons. The largest absolute Gasteiger partial charge is 0.411 e. The Morgan fingerprint density at radius 2 is 1.43 bits per heavy atom. The highest BCUT2D eigenvalue weighted by molar-refractivity contribution is 5.77. The van der Waals surface area contributed by atoms with Gasteiger partial charge in [0.1, 0.15) is 11.4 Å². The van der Waals surface area contributed by atoms with Crippen LogP contribution in [0.4, 0.5) is 0 Å². The molecule has 0 aliphatic rings. The maximum Gasteiger partial charge on any atom is 0.170 e. The van der Waals surface area contributed by atoms with Crippen LogP contribution in [0.5, 0.6) is 0 Å². The smallest absolute Gasteiger partial charge is 0.170 e. The van der Waals surface area contributed by atoms with Gasteiger partial charge in [0, 0.05) is 24.8 Å².